The first kappa shape index (κ1) is 25.0. The highest BCUT2D eigenvalue weighted by atomic mass is 16.2. The molecule has 0 N–H and O–H groups in total. The van der Waals surface area contributed by atoms with Gasteiger partial charge >= 0.3 is 0 Å². The third-order valence-corrected chi connectivity index (χ3v) is 8.94. The Bertz CT molecular complexity index is 1420. The summed E-state index contributed by atoms with van der Waals surface area (Å²) in [7, 11) is 0. The number of carbonyl (C=O) groups is 1. The minimum absolute atomic E-state index is 0.132. The van der Waals surface area contributed by atoms with Gasteiger partial charge in [-0.05, 0) is 65.2 Å². The minimum Gasteiger partial charge on any atom is -0.343 e. The lowest BCUT2D eigenvalue weighted by Gasteiger charge is -2.39. The minimum atomic E-state index is 0.132. The Balaban J connectivity index is 1.34. The topological polar surface area (TPSA) is 25.2 Å². The van der Waals surface area contributed by atoms with Crippen molar-refractivity contribution in [1.29, 1.82) is 0 Å². The van der Waals surface area contributed by atoms with Gasteiger partial charge in [0, 0.05) is 42.7 Å². The summed E-state index contributed by atoms with van der Waals surface area (Å²) in [6.07, 6.45) is 7.23. The number of rotatable bonds is 7. The van der Waals surface area contributed by atoms with Gasteiger partial charge in [0.15, 0.2) is 0 Å². The van der Waals surface area contributed by atoms with Crippen LogP contribution < -0.4 is 0 Å². The van der Waals surface area contributed by atoms with Crippen molar-refractivity contribution in [2.24, 2.45) is 10.8 Å². The maximum absolute atomic E-state index is 14.1. The zero-order valence-electron chi connectivity index (χ0n) is 23.1. The molecule has 6 rings (SSSR count). The van der Waals surface area contributed by atoms with Gasteiger partial charge in [0.1, 0.15) is 0 Å². The lowest BCUT2D eigenvalue weighted by molar-refractivity contribution is -0.132. The lowest BCUT2D eigenvalue weighted by Crippen LogP contribution is -2.38. The van der Waals surface area contributed by atoms with E-state index in [1.165, 1.54) is 34.0 Å². The summed E-state index contributed by atoms with van der Waals surface area (Å²) in [5.74, 6) is 0.463. The Kier molecular flexibility index (Phi) is 6.42. The monoisotopic (exact) mass is 504 g/mol. The summed E-state index contributed by atoms with van der Waals surface area (Å²) in [5.41, 5.74) is 5.67. The first-order chi connectivity index (χ1) is 18.3. The Morgan fingerprint density at radius 3 is 2.26 bits per heavy atom. The van der Waals surface area contributed by atoms with Gasteiger partial charge in [0.05, 0.1) is 0 Å². The van der Waals surface area contributed by atoms with Crippen LogP contribution in [0.15, 0.2) is 91.1 Å². The summed E-state index contributed by atoms with van der Waals surface area (Å²) >= 11 is 0. The molecule has 3 atom stereocenters. The summed E-state index contributed by atoms with van der Waals surface area (Å²) in [6, 6.07) is 30.4. The van der Waals surface area contributed by atoms with Gasteiger partial charge in [-0.25, -0.2) is 0 Å². The molecule has 1 amide bonds. The molecule has 196 valence electrons. The fourth-order valence-corrected chi connectivity index (χ4v) is 7.78. The molecule has 4 aromatic rings. The predicted molar refractivity (Wildman–Crippen MR) is 156 cm³/mol. The third kappa shape index (κ3) is 5.04. The predicted octanol–water partition coefficient (Wildman–Crippen LogP) is 7.83. The summed E-state index contributed by atoms with van der Waals surface area (Å²) in [5, 5.41) is 1.27. The largest absolute Gasteiger partial charge is 0.343 e. The maximum atomic E-state index is 14.1. The summed E-state index contributed by atoms with van der Waals surface area (Å²) < 4.78 is 2.37. The van der Waals surface area contributed by atoms with Crippen LogP contribution in [0.3, 0.4) is 0 Å². The van der Waals surface area contributed by atoms with E-state index < -0.39 is 0 Å². The number of carbonyl (C=O) groups excluding carboxylic acids is 1. The van der Waals surface area contributed by atoms with Crippen LogP contribution in [0.1, 0.15) is 69.1 Å². The van der Waals surface area contributed by atoms with Crippen LogP contribution in [0.2, 0.25) is 0 Å². The molecule has 2 aliphatic rings. The molecule has 1 saturated heterocycles. The van der Waals surface area contributed by atoms with E-state index in [1.807, 2.05) is 0 Å². The average Bonchev–Trinajstić information content (AvgIpc) is 3.38. The molecule has 38 heavy (non-hydrogen) atoms. The second kappa shape index (κ2) is 9.76. The van der Waals surface area contributed by atoms with E-state index >= 15 is 0 Å². The van der Waals surface area contributed by atoms with Crippen molar-refractivity contribution in [2.75, 3.05) is 6.54 Å². The van der Waals surface area contributed by atoms with Crippen LogP contribution in [-0.4, -0.2) is 28.0 Å². The fraction of sp³-hybridized carbons (Fsp3) is 0.400. The molecule has 1 aromatic heterocycles. The average molecular weight is 505 g/mol. The van der Waals surface area contributed by atoms with Gasteiger partial charge < -0.3 is 9.47 Å². The van der Waals surface area contributed by atoms with E-state index in [0.29, 0.717) is 23.8 Å². The first-order valence-corrected chi connectivity index (χ1v) is 14.2. The van der Waals surface area contributed by atoms with Gasteiger partial charge in [-0.1, -0.05) is 99.6 Å². The smallest absolute Gasteiger partial charge is 0.223 e. The molecule has 0 spiro atoms. The molecule has 1 saturated carbocycles. The number of benzene rings is 3. The van der Waals surface area contributed by atoms with Crippen molar-refractivity contribution in [3.63, 3.8) is 0 Å². The molecule has 3 heteroatoms. The molecule has 3 unspecified atom stereocenters. The Hall–Kier alpha value is -3.33. The SMILES string of the molecule is CC1(C)CC2CC(C)(CN2C(=O)CC(Cc2ccccc2)c2cn(Cc3ccccc3)c3ccccc23)C1. The van der Waals surface area contributed by atoms with E-state index in [4.69, 9.17) is 0 Å². The number of likely N-dealkylation sites (tertiary alicyclic amines) is 1. The van der Waals surface area contributed by atoms with Crippen molar-refractivity contribution >= 4 is 16.8 Å². The van der Waals surface area contributed by atoms with Crippen LogP contribution in [-0.2, 0) is 17.8 Å². The van der Waals surface area contributed by atoms with Gasteiger partial charge in [0.2, 0.25) is 5.91 Å². The van der Waals surface area contributed by atoms with Crippen LogP contribution in [0, 0.1) is 10.8 Å². The van der Waals surface area contributed by atoms with Crippen molar-refractivity contribution in [1.82, 2.24) is 9.47 Å². The van der Waals surface area contributed by atoms with Gasteiger partial charge in [-0.15, -0.1) is 0 Å². The molecule has 0 radical (unpaired) electrons. The molecule has 2 heterocycles. The second-order valence-electron chi connectivity index (χ2n) is 13.0. The normalized spacial score (nSPS) is 23.0. The molecular formula is C35H40N2O. The Labute approximate surface area is 227 Å². The van der Waals surface area contributed by atoms with Crippen molar-refractivity contribution in [3.05, 3.63) is 108 Å². The van der Waals surface area contributed by atoms with E-state index in [0.717, 1.165) is 32.4 Å². The van der Waals surface area contributed by atoms with E-state index in [-0.39, 0.29) is 11.3 Å². The zero-order chi connectivity index (χ0) is 26.3. The van der Waals surface area contributed by atoms with Crippen LogP contribution in [0.5, 0.6) is 0 Å². The molecular weight excluding hydrogens is 464 g/mol. The highest BCUT2D eigenvalue weighted by Gasteiger charge is 2.51. The number of nitrogens with zero attached hydrogens (tertiary/aromatic N) is 2. The number of fused-ring (bicyclic) bond motifs is 3. The number of aromatic nitrogens is 1. The van der Waals surface area contributed by atoms with E-state index in [2.05, 4.69) is 121 Å². The molecule has 2 bridgehead atoms. The Morgan fingerprint density at radius 2 is 1.53 bits per heavy atom. The lowest BCUT2D eigenvalue weighted by atomic mass is 9.65. The number of amides is 1. The second-order valence-corrected chi connectivity index (χ2v) is 13.0. The summed E-state index contributed by atoms with van der Waals surface area (Å²) in [6.45, 7) is 8.89. The van der Waals surface area contributed by atoms with Crippen LogP contribution in [0.4, 0.5) is 0 Å². The van der Waals surface area contributed by atoms with Crippen LogP contribution >= 0.6 is 0 Å². The fourth-order valence-electron chi connectivity index (χ4n) is 7.78. The van der Waals surface area contributed by atoms with Gasteiger partial charge in [-0.3, -0.25) is 4.79 Å². The van der Waals surface area contributed by atoms with Gasteiger partial charge in [0.25, 0.3) is 0 Å². The molecule has 3 nitrogen and oxygen atoms in total. The van der Waals surface area contributed by atoms with Crippen molar-refractivity contribution < 1.29 is 4.79 Å². The number of para-hydroxylation sites is 1. The standard InChI is InChI=1S/C35H40N2O/c1-34(2)20-29-21-35(3,24-34)25-37(29)33(38)19-28(18-26-12-6-4-7-13-26)31-23-36(22-27-14-8-5-9-15-27)32-17-11-10-16-30(31)32/h4-17,23,28-29H,18-22,24-25H2,1-3H3. The number of hydrogen-bond acceptors (Lipinski definition) is 1. The maximum Gasteiger partial charge on any atom is 0.223 e. The van der Waals surface area contributed by atoms with Crippen molar-refractivity contribution in [3.8, 4) is 0 Å². The third-order valence-electron chi connectivity index (χ3n) is 8.94. The first-order valence-electron chi connectivity index (χ1n) is 14.2. The highest BCUT2D eigenvalue weighted by molar-refractivity contribution is 5.86. The van der Waals surface area contributed by atoms with E-state index in [1.54, 1.807) is 0 Å². The molecule has 1 aliphatic heterocycles. The Morgan fingerprint density at radius 1 is 0.868 bits per heavy atom. The zero-order valence-corrected chi connectivity index (χ0v) is 23.1. The molecule has 1 aliphatic carbocycles. The van der Waals surface area contributed by atoms with E-state index in [9.17, 15) is 4.79 Å². The van der Waals surface area contributed by atoms with Crippen molar-refractivity contribution in [2.45, 2.75) is 71.4 Å². The quantitative estimate of drug-likeness (QED) is 0.252. The van der Waals surface area contributed by atoms with Gasteiger partial charge in [-0.2, -0.15) is 0 Å². The number of hydrogen-bond donors (Lipinski definition) is 0. The molecule has 2 fully saturated rings. The molecule has 3 aromatic carbocycles. The highest BCUT2D eigenvalue weighted by Crippen LogP contribution is 2.52. The van der Waals surface area contributed by atoms with Crippen LogP contribution in [0.25, 0.3) is 10.9 Å². The summed E-state index contributed by atoms with van der Waals surface area (Å²) in [4.78, 5) is 16.3.